The molecule has 0 aliphatic rings. The Bertz CT molecular complexity index is 345. The molecule has 3 nitrogen and oxygen atoms in total. The summed E-state index contributed by atoms with van der Waals surface area (Å²) in [5.41, 5.74) is 0.531. The zero-order valence-corrected chi connectivity index (χ0v) is 10.6. The van der Waals surface area contributed by atoms with Gasteiger partial charge >= 0.3 is 0 Å². The van der Waals surface area contributed by atoms with E-state index < -0.39 is 0 Å². The summed E-state index contributed by atoms with van der Waals surface area (Å²) in [6, 6.07) is 4.35. The smallest absolute Gasteiger partial charge is 0.127 e. The van der Waals surface area contributed by atoms with Crippen molar-refractivity contribution < 1.29 is 14.6 Å². The first-order valence-electron chi connectivity index (χ1n) is 4.94. The lowest BCUT2D eigenvalue weighted by Crippen LogP contribution is -2.37. The van der Waals surface area contributed by atoms with E-state index in [1.807, 2.05) is 0 Å². The third kappa shape index (κ3) is 3.52. The molecule has 0 atom stereocenters. The Hall–Kier alpha value is -0.490. The van der Waals surface area contributed by atoms with Crippen LogP contribution < -0.4 is 0 Å². The van der Waals surface area contributed by atoms with Crippen molar-refractivity contribution in [1.29, 1.82) is 0 Å². The highest BCUT2D eigenvalue weighted by Gasteiger charge is 2.14. The van der Waals surface area contributed by atoms with Crippen molar-refractivity contribution >= 4 is 15.9 Å². The van der Waals surface area contributed by atoms with Crippen LogP contribution in [-0.4, -0.2) is 41.4 Å². The van der Waals surface area contributed by atoms with Crippen LogP contribution in [0.2, 0.25) is 0 Å². The molecule has 0 unspecified atom stereocenters. The molecule has 0 bridgehead atoms. The first kappa shape index (κ1) is 13.6. The zero-order chi connectivity index (χ0) is 12.1. The maximum Gasteiger partial charge on any atom is 0.127 e. The van der Waals surface area contributed by atoms with Crippen LogP contribution in [0.15, 0.2) is 22.7 Å². The third-order valence-electron chi connectivity index (χ3n) is 2.47. The Morgan fingerprint density at radius 1 is 1.38 bits per heavy atom. The summed E-state index contributed by atoms with van der Waals surface area (Å²) in [5.74, 6) is -0.287. The van der Waals surface area contributed by atoms with Crippen LogP contribution in [-0.2, 0) is 6.54 Å². The van der Waals surface area contributed by atoms with E-state index in [4.69, 9.17) is 10.2 Å². The largest absolute Gasteiger partial charge is 0.395 e. The molecule has 1 aromatic carbocycles. The number of nitrogens with zero attached hydrogens (tertiary/aromatic N) is 1. The number of halogens is 2. The van der Waals surface area contributed by atoms with Gasteiger partial charge in [-0.05, 0) is 25.2 Å². The minimum absolute atomic E-state index is 0.150. The molecule has 1 rings (SSSR count). The molecule has 1 aromatic rings. The summed E-state index contributed by atoms with van der Waals surface area (Å²) >= 11 is 3.27. The first-order valence-corrected chi connectivity index (χ1v) is 5.73. The van der Waals surface area contributed by atoms with Gasteiger partial charge in [-0.2, -0.15) is 0 Å². The number of aliphatic hydroxyl groups is 2. The molecule has 0 aliphatic heterocycles. The van der Waals surface area contributed by atoms with Crippen LogP contribution in [0.1, 0.15) is 5.56 Å². The van der Waals surface area contributed by atoms with Crippen LogP contribution >= 0.6 is 15.9 Å². The van der Waals surface area contributed by atoms with Gasteiger partial charge in [-0.25, -0.2) is 4.39 Å². The maximum absolute atomic E-state index is 13.4. The number of benzene rings is 1. The molecular weight excluding hydrogens is 277 g/mol. The number of hydrogen-bond acceptors (Lipinski definition) is 3. The highest BCUT2D eigenvalue weighted by molar-refractivity contribution is 9.10. The van der Waals surface area contributed by atoms with Crippen molar-refractivity contribution in [3.05, 3.63) is 34.1 Å². The van der Waals surface area contributed by atoms with Gasteiger partial charge in [0.25, 0.3) is 0 Å². The number of aliphatic hydroxyl groups excluding tert-OH is 2. The van der Waals surface area contributed by atoms with Gasteiger partial charge in [0.2, 0.25) is 0 Å². The van der Waals surface area contributed by atoms with Crippen molar-refractivity contribution in [2.24, 2.45) is 0 Å². The molecule has 0 aliphatic carbocycles. The minimum atomic E-state index is -0.363. The Morgan fingerprint density at radius 2 is 2.00 bits per heavy atom. The summed E-state index contributed by atoms with van der Waals surface area (Å²) < 4.78 is 14.2. The number of rotatable bonds is 5. The van der Waals surface area contributed by atoms with E-state index in [2.05, 4.69) is 15.9 Å². The molecule has 2 N–H and O–H groups in total. The van der Waals surface area contributed by atoms with Crippen molar-refractivity contribution in [3.63, 3.8) is 0 Å². The quantitative estimate of drug-likeness (QED) is 0.861. The normalized spacial score (nSPS) is 11.4. The lowest BCUT2D eigenvalue weighted by atomic mass is 10.2. The maximum atomic E-state index is 13.4. The molecule has 5 heteroatoms. The summed E-state index contributed by atoms with van der Waals surface area (Å²) in [6.07, 6.45) is 0. The third-order valence-corrected chi connectivity index (χ3v) is 2.97. The number of likely N-dealkylation sites (N-methyl/N-ethyl adjacent to an activating group) is 1. The van der Waals surface area contributed by atoms with Crippen molar-refractivity contribution in [1.82, 2.24) is 4.90 Å². The highest BCUT2D eigenvalue weighted by atomic mass is 79.9. The lowest BCUT2D eigenvalue weighted by Gasteiger charge is -2.24. The van der Waals surface area contributed by atoms with Gasteiger partial charge in [-0.1, -0.05) is 15.9 Å². The molecule has 0 radical (unpaired) electrons. The predicted molar refractivity (Wildman–Crippen MR) is 63.5 cm³/mol. The van der Waals surface area contributed by atoms with Gasteiger partial charge in [-0.3, -0.25) is 4.90 Å². The summed E-state index contributed by atoms with van der Waals surface area (Å²) in [4.78, 5) is 1.71. The Labute approximate surface area is 103 Å². The molecule has 0 aromatic heterocycles. The fourth-order valence-electron chi connectivity index (χ4n) is 1.40. The van der Waals surface area contributed by atoms with E-state index in [-0.39, 0.29) is 25.1 Å². The van der Waals surface area contributed by atoms with E-state index in [9.17, 15) is 4.39 Å². The van der Waals surface area contributed by atoms with E-state index in [0.717, 1.165) is 4.47 Å². The topological polar surface area (TPSA) is 43.7 Å². The van der Waals surface area contributed by atoms with Gasteiger partial charge < -0.3 is 10.2 Å². The Morgan fingerprint density at radius 3 is 2.56 bits per heavy atom. The molecule has 16 heavy (non-hydrogen) atoms. The van der Waals surface area contributed by atoms with Crippen LogP contribution in [0.25, 0.3) is 0 Å². The highest BCUT2D eigenvalue weighted by Crippen LogP contribution is 2.17. The summed E-state index contributed by atoms with van der Waals surface area (Å²) in [6.45, 7) is 0.0440. The van der Waals surface area contributed by atoms with E-state index >= 15 is 0 Å². The SMILES string of the molecule is CN(Cc1cc(Br)ccc1F)C(CO)CO. The zero-order valence-electron chi connectivity index (χ0n) is 9.03. The van der Waals surface area contributed by atoms with Gasteiger partial charge in [0.05, 0.1) is 19.3 Å². The molecule has 0 heterocycles. The second-order valence-electron chi connectivity index (χ2n) is 3.67. The Kier molecular flexibility index (Phi) is 5.34. The lowest BCUT2D eigenvalue weighted by molar-refractivity contribution is 0.0866. The van der Waals surface area contributed by atoms with Crippen LogP contribution in [0.3, 0.4) is 0 Å². The average Bonchev–Trinajstić information content (AvgIpc) is 2.25. The standard InChI is InChI=1S/C11H15BrFNO2/c1-14(10(6-15)7-16)5-8-4-9(12)2-3-11(8)13/h2-4,10,15-16H,5-7H2,1H3. The van der Waals surface area contributed by atoms with Crippen molar-refractivity contribution in [2.45, 2.75) is 12.6 Å². The molecule has 0 saturated carbocycles. The van der Waals surface area contributed by atoms with Gasteiger partial charge in [0.1, 0.15) is 5.82 Å². The predicted octanol–water partition coefficient (Wildman–Crippen LogP) is 1.37. The molecule has 0 amide bonds. The van der Waals surface area contributed by atoms with Crippen molar-refractivity contribution in [3.8, 4) is 0 Å². The van der Waals surface area contributed by atoms with Crippen molar-refractivity contribution in [2.75, 3.05) is 20.3 Å². The van der Waals surface area contributed by atoms with E-state index in [1.54, 1.807) is 24.1 Å². The molecule has 0 spiro atoms. The van der Waals surface area contributed by atoms with E-state index in [1.165, 1.54) is 6.07 Å². The monoisotopic (exact) mass is 291 g/mol. The Balaban J connectivity index is 2.75. The first-order chi connectivity index (χ1) is 7.58. The van der Waals surface area contributed by atoms with Crippen LogP contribution in [0.4, 0.5) is 4.39 Å². The fourth-order valence-corrected chi connectivity index (χ4v) is 1.81. The molecule has 0 fully saturated rings. The second-order valence-corrected chi connectivity index (χ2v) is 4.59. The van der Waals surface area contributed by atoms with E-state index in [0.29, 0.717) is 12.1 Å². The summed E-state index contributed by atoms with van der Waals surface area (Å²) in [5, 5.41) is 18.0. The second kappa shape index (κ2) is 6.30. The fraction of sp³-hybridized carbons (Fsp3) is 0.455. The summed E-state index contributed by atoms with van der Waals surface area (Å²) in [7, 11) is 1.73. The molecule has 0 saturated heterocycles. The van der Waals surface area contributed by atoms with Crippen LogP contribution in [0.5, 0.6) is 0 Å². The molecular formula is C11H15BrFNO2. The van der Waals surface area contributed by atoms with Gasteiger partial charge in [0.15, 0.2) is 0 Å². The van der Waals surface area contributed by atoms with Gasteiger partial charge in [-0.15, -0.1) is 0 Å². The minimum Gasteiger partial charge on any atom is -0.395 e. The average molecular weight is 292 g/mol. The van der Waals surface area contributed by atoms with Gasteiger partial charge in [0, 0.05) is 16.6 Å². The van der Waals surface area contributed by atoms with Crippen LogP contribution in [0, 0.1) is 5.82 Å². The molecule has 90 valence electrons. The number of hydrogen-bond donors (Lipinski definition) is 2.